The van der Waals surface area contributed by atoms with Gasteiger partial charge < -0.3 is 21.1 Å². The van der Waals surface area contributed by atoms with E-state index in [0.717, 1.165) is 18.9 Å². The van der Waals surface area contributed by atoms with Gasteiger partial charge in [-0.3, -0.25) is 0 Å². The first-order chi connectivity index (χ1) is 13.1. The van der Waals surface area contributed by atoms with E-state index in [1.807, 2.05) is 36.4 Å². The molecule has 0 saturated heterocycles. The average molecular weight is 365 g/mol. The van der Waals surface area contributed by atoms with Gasteiger partial charge in [0.25, 0.3) is 0 Å². The molecule has 3 rings (SSSR count). The van der Waals surface area contributed by atoms with E-state index in [9.17, 15) is 4.79 Å². The molecule has 1 aromatic heterocycles. The van der Waals surface area contributed by atoms with Crippen molar-refractivity contribution in [3.05, 3.63) is 84.3 Å². The Hall–Kier alpha value is -3.61. The van der Waals surface area contributed by atoms with E-state index in [4.69, 9.17) is 5.73 Å². The van der Waals surface area contributed by atoms with E-state index < -0.39 is 6.09 Å². The van der Waals surface area contributed by atoms with Crippen molar-refractivity contribution in [1.82, 2.24) is 9.97 Å². The van der Waals surface area contributed by atoms with Crippen LogP contribution < -0.4 is 16.4 Å². The summed E-state index contributed by atoms with van der Waals surface area (Å²) in [7, 11) is 1.22. The zero-order valence-electron chi connectivity index (χ0n) is 15.2. The highest BCUT2D eigenvalue weighted by Gasteiger charge is 2.12. The number of methoxy groups -OCH3 is 1. The van der Waals surface area contributed by atoms with Crippen molar-refractivity contribution in [2.45, 2.75) is 13.1 Å². The lowest BCUT2D eigenvalue weighted by Crippen LogP contribution is -2.24. The van der Waals surface area contributed by atoms with Crippen molar-refractivity contribution in [3.63, 3.8) is 0 Å². The molecule has 27 heavy (non-hydrogen) atoms. The van der Waals surface area contributed by atoms with Crippen LogP contribution in [0.2, 0.25) is 0 Å². The molecule has 4 N–H and O–H groups in total. The van der Waals surface area contributed by atoms with Crippen LogP contribution >= 0.6 is 0 Å². The summed E-state index contributed by atoms with van der Waals surface area (Å²) in [5, 5.41) is 0. The van der Waals surface area contributed by atoms with Crippen LogP contribution in [0.25, 0.3) is 0 Å². The van der Waals surface area contributed by atoms with E-state index in [1.54, 1.807) is 6.20 Å². The average Bonchev–Trinajstić information content (AvgIpc) is 2.70. The molecule has 0 unspecified atom stereocenters. The van der Waals surface area contributed by atoms with E-state index in [1.165, 1.54) is 24.6 Å². The van der Waals surface area contributed by atoms with Crippen molar-refractivity contribution in [2.75, 3.05) is 17.7 Å². The van der Waals surface area contributed by atoms with Gasteiger partial charge in [0, 0.05) is 13.1 Å². The van der Waals surface area contributed by atoms with Crippen LogP contribution in [-0.2, 0) is 17.8 Å². The molecule has 0 aliphatic heterocycles. The third-order valence-electron chi connectivity index (χ3n) is 3.65. The maximum Gasteiger partial charge on any atom is 0.404 e. The second-order valence-electron chi connectivity index (χ2n) is 5.65. The van der Waals surface area contributed by atoms with E-state index >= 15 is 0 Å². The Kier molecular flexibility index (Phi) is 7.59. The van der Waals surface area contributed by atoms with Gasteiger partial charge in [-0.05, 0) is 11.1 Å². The molecule has 0 spiro atoms. The molecule has 0 bridgehead atoms. The molecule has 1 amide bonds. The largest absolute Gasteiger partial charge is 0.453 e. The topological polar surface area (TPSA) is 107 Å². The molecule has 0 aliphatic rings. The van der Waals surface area contributed by atoms with Gasteiger partial charge in [-0.15, -0.1) is 0 Å². The lowest BCUT2D eigenvalue weighted by molar-refractivity contribution is 0.182. The van der Waals surface area contributed by atoms with Crippen LogP contribution in [-0.4, -0.2) is 23.2 Å². The molecule has 3 aromatic rings. The molecule has 0 saturated carbocycles. The number of nitrogens with zero attached hydrogens (tertiary/aromatic N) is 3. The predicted molar refractivity (Wildman–Crippen MR) is 106 cm³/mol. The summed E-state index contributed by atoms with van der Waals surface area (Å²) in [5.74, 6) is 0.766. The minimum absolute atomic E-state index is 0.592. The Morgan fingerprint density at radius 3 is 1.89 bits per heavy atom. The summed E-state index contributed by atoms with van der Waals surface area (Å²) in [6.07, 6.45) is 2.44. The van der Waals surface area contributed by atoms with Crippen LogP contribution in [0, 0.1) is 0 Å². The SMILES string of the molecule is COC(N)=O.Nc1cncnc1N(Cc1ccccc1)Cc1ccccc1. The fourth-order valence-electron chi connectivity index (χ4n) is 2.41. The molecule has 7 heteroatoms. The summed E-state index contributed by atoms with van der Waals surface area (Å²) >= 11 is 0. The first kappa shape index (κ1) is 19.7. The van der Waals surface area contributed by atoms with Crippen molar-refractivity contribution in [3.8, 4) is 0 Å². The smallest absolute Gasteiger partial charge is 0.404 e. The predicted octanol–water partition coefficient (Wildman–Crippen LogP) is 2.98. The summed E-state index contributed by atoms with van der Waals surface area (Å²) < 4.78 is 3.89. The van der Waals surface area contributed by atoms with Crippen LogP contribution in [0.5, 0.6) is 0 Å². The Balaban J connectivity index is 0.000000465. The third kappa shape index (κ3) is 6.66. The highest BCUT2D eigenvalue weighted by molar-refractivity contribution is 5.64. The van der Waals surface area contributed by atoms with E-state index in [2.05, 4.69) is 49.6 Å². The maximum absolute atomic E-state index is 9.37. The van der Waals surface area contributed by atoms with E-state index in [-0.39, 0.29) is 0 Å². The van der Waals surface area contributed by atoms with Gasteiger partial charge >= 0.3 is 6.09 Å². The zero-order chi connectivity index (χ0) is 19.5. The molecule has 7 nitrogen and oxygen atoms in total. The number of nitrogen functional groups attached to an aromatic ring is 1. The van der Waals surface area contributed by atoms with Gasteiger partial charge in [0.05, 0.1) is 19.0 Å². The van der Waals surface area contributed by atoms with Crippen molar-refractivity contribution < 1.29 is 9.53 Å². The lowest BCUT2D eigenvalue weighted by atomic mass is 10.1. The third-order valence-corrected chi connectivity index (χ3v) is 3.65. The summed E-state index contributed by atoms with van der Waals surface area (Å²) in [5.41, 5.74) is 13.5. The second-order valence-corrected chi connectivity index (χ2v) is 5.65. The molecule has 0 atom stereocenters. The molecule has 0 radical (unpaired) electrons. The van der Waals surface area contributed by atoms with Gasteiger partial charge in [0.15, 0.2) is 5.82 Å². The number of primary amides is 1. The number of nitrogens with two attached hydrogens (primary N) is 2. The van der Waals surface area contributed by atoms with Gasteiger partial charge in [0.2, 0.25) is 0 Å². The van der Waals surface area contributed by atoms with Crippen LogP contribution in [0.4, 0.5) is 16.3 Å². The molecule has 2 aromatic carbocycles. The lowest BCUT2D eigenvalue weighted by Gasteiger charge is -2.25. The fourth-order valence-corrected chi connectivity index (χ4v) is 2.41. The molecule has 0 fully saturated rings. The highest BCUT2D eigenvalue weighted by Crippen LogP contribution is 2.22. The van der Waals surface area contributed by atoms with Crippen LogP contribution in [0.1, 0.15) is 11.1 Å². The molecule has 0 aliphatic carbocycles. The molecular weight excluding hydrogens is 342 g/mol. The number of amides is 1. The minimum atomic E-state index is -0.745. The van der Waals surface area contributed by atoms with Gasteiger partial charge in [-0.2, -0.15) is 0 Å². The van der Waals surface area contributed by atoms with Crippen LogP contribution in [0.3, 0.4) is 0 Å². The minimum Gasteiger partial charge on any atom is -0.453 e. The number of carbonyl (C=O) groups excluding carboxylic acids is 1. The number of aromatic nitrogens is 2. The highest BCUT2D eigenvalue weighted by atomic mass is 16.5. The van der Waals surface area contributed by atoms with Crippen LogP contribution in [0.15, 0.2) is 73.2 Å². The van der Waals surface area contributed by atoms with Gasteiger partial charge in [-0.25, -0.2) is 14.8 Å². The fraction of sp³-hybridized carbons (Fsp3) is 0.150. The number of hydrogen-bond acceptors (Lipinski definition) is 6. The quantitative estimate of drug-likeness (QED) is 0.720. The molecular formula is C20H23N5O2. The number of benzene rings is 2. The zero-order valence-corrected chi connectivity index (χ0v) is 15.2. The first-order valence-electron chi connectivity index (χ1n) is 8.32. The number of rotatable bonds is 5. The van der Waals surface area contributed by atoms with Crippen molar-refractivity contribution >= 4 is 17.6 Å². The summed E-state index contributed by atoms with van der Waals surface area (Å²) in [4.78, 5) is 19.9. The van der Waals surface area contributed by atoms with Crippen molar-refractivity contribution in [2.24, 2.45) is 5.73 Å². The standard InChI is InChI=1S/C18H18N4.C2H5NO2/c19-17-11-20-14-21-18(17)22(12-15-7-3-1-4-8-15)13-16-9-5-2-6-10-16;1-5-2(3)4/h1-11,14H,12-13,19H2;1H3,(H2,3,4). The Labute approximate surface area is 158 Å². The van der Waals surface area contributed by atoms with Gasteiger partial charge in [0.1, 0.15) is 6.33 Å². The Bertz CT molecular complexity index is 787. The second kappa shape index (κ2) is 10.4. The number of carbonyl (C=O) groups is 1. The monoisotopic (exact) mass is 365 g/mol. The van der Waals surface area contributed by atoms with Crippen molar-refractivity contribution in [1.29, 1.82) is 0 Å². The first-order valence-corrected chi connectivity index (χ1v) is 8.32. The number of ether oxygens (including phenoxy) is 1. The summed E-state index contributed by atoms with van der Waals surface area (Å²) in [6, 6.07) is 20.6. The van der Waals surface area contributed by atoms with E-state index in [0.29, 0.717) is 5.69 Å². The van der Waals surface area contributed by atoms with Gasteiger partial charge in [-0.1, -0.05) is 60.7 Å². The maximum atomic E-state index is 9.37. The normalized spacial score (nSPS) is 9.67. The summed E-state index contributed by atoms with van der Waals surface area (Å²) in [6.45, 7) is 1.49. The Morgan fingerprint density at radius 2 is 1.48 bits per heavy atom. The Morgan fingerprint density at radius 1 is 1.00 bits per heavy atom. The number of hydrogen-bond donors (Lipinski definition) is 2. The molecule has 1 heterocycles. The number of anilines is 2. The molecule has 140 valence electrons.